The van der Waals surface area contributed by atoms with Crippen LogP contribution < -0.4 is 19.7 Å². The fourth-order valence-electron chi connectivity index (χ4n) is 7.81. The molecule has 2 aliphatic rings. The number of rotatable bonds is 15. The molecule has 0 atom stereocenters. The van der Waals surface area contributed by atoms with Gasteiger partial charge in [0.05, 0.1) is 32.7 Å². The number of allylic oxidation sites excluding steroid dienone is 1. The van der Waals surface area contributed by atoms with Crippen LogP contribution >= 0.6 is 24.2 Å². The Morgan fingerprint density at radius 1 is 0.933 bits per heavy atom. The van der Waals surface area contributed by atoms with Gasteiger partial charge in [-0.15, -0.1) is 0 Å². The number of sulfone groups is 1. The number of anilines is 2. The van der Waals surface area contributed by atoms with Gasteiger partial charge in [-0.2, -0.15) is 12.6 Å². The summed E-state index contributed by atoms with van der Waals surface area (Å²) in [7, 11) is -7.04. The van der Waals surface area contributed by atoms with Crippen molar-refractivity contribution in [2.45, 2.75) is 42.9 Å². The number of ether oxygens (including phenoxy) is 2. The number of halogens is 1. The highest BCUT2D eigenvalue weighted by atomic mass is 35.5. The number of thiol groups is 1. The van der Waals surface area contributed by atoms with Crippen molar-refractivity contribution in [3.63, 3.8) is 0 Å². The molecule has 16 heteroatoms. The third-order valence-corrected chi connectivity index (χ3v) is 15.1. The largest absolute Gasteiger partial charge is 0.456 e. The SMILES string of the molecule is COCCNc1ccc(S(=O)(=O)NC(=O)c2ccc(N3CCN(CC4=C(c5ccc(Cl)cc5)CC(C)(C)CC4)CC3)cc2Oc2cccc3[nH]ccc23)cc1S(=O)(=O)CS. The van der Waals surface area contributed by atoms with Crippen LogP contribution in [0.25, 0.3) is 16.5 Å². The van der Waals surface area contributed by atoms with Crippen LogP contribution in [0, 0.1) is 5.41 Å². The second-order valence-electron chi connectivity index (χ2n) is 15.9. The van der Waals surface area contributed by atoms with Gasteiger partial charge in [0.1, 0.15) is 11.5 Å². The molecule has 1 saturated heterocycles. The first-order valence-electron chi connectivity index (χ1n) is 19.8. The van der Waals surface area contributed by atoms with Crippen molar-refractivity contribution in [1.82, 2.24) is 14.6 Å². The standard InChI is InChI=1S/C44H50ClN5O7S3/c1-44(2)17-15-31(37(27-44)30-7-9-32(45)10-8-30)28-49-20-22-50(23-21-49)33-11-13-36(41(25-33)57-40-6-4-5-38-35(40)16-18-46-38)43(51)48-60(54,55)34-12-14-39(47-19-24-56-3)42(26-34)59(52,53)29-58/h4-14,16,18,25-26,46-47,58H,15,17,19-24,27-29H2,1-3H3,(H,48,51). The quantitative estimate of drug-likeness (QED) is 0.0598. The fourth-order valence-corrected chi connectivity index (χ4v) is 10.3. The van der Waals surface area contributed by atoms with Gasteiger partial charge in [0, 0.05) is 80.3 Å². The van der Waals surface area contributed by atoms with E-state index in [4.69, 9.17) is 21.1 Å². The highest BCUT2D eigenvalue weighted by molar-refractivity contribution is 8.04. The molecule has 4 aromatic carbocycles. The summed E-state index contributed by atoms with van der Waals surface area (Å²) in [5.41, 5.74) is 6.17. The predicted octanol–water partition coefficient (Wildman–Crippen LogP) is 8.24. The van der Waals surface area contributed by atoms with Crippen molar-refractivity contribution in [2.75, 3.05) is 68.3 Å². The minimum atomic E-state index is -4.56. The molecule has 1 amide bonds. The van der Waals surface area contributed by atoms with Gasteiger partial charge in [-0.25, -0.2) is 21.6 Å². The Morgan fingerprint density at radius 3 is 2.43 bits per heavy atom. The lowest BCUT2D eigenvalue weighted by Crippen LogP contribution is -2.47. The summed E-state index contributed by atoms with van der Waals surface area (Å²) < 4.78 is 67.1. The lowest BCUT2D eigenvalue weighted by atomic mass is 9.72. The van der Waals surface area contributed by atoms with Crippen LogP contribution in [-0.4, -0.2) is 90.7 Å². The Bertz CT molecular complexity index is 2620. The molecule has 0 unspecified atom stereocenters. The summed E-state index contributed by atoms with van der Waals surface area (Å²) in [4.78, 5) is 21.2. The second kappa shape index (κ2) is 18.2. The van der Waals surface area contributed by atoms with Crippen molar-refractivity contribution in [3.8, 4) is 11.5 Å². The maximum absolute atomic E-state index is 14.0. The van der Waals surface area contributed by atoms with Crippen molar-refractivity contribution >= 4 is 77.8 Å². The van der Waals surface area contributed by atoms with Crippen LogP contribution in [0.4, 0.5) is 11.4 Å². The van der Waals surface area contributed by atoms with Crippen molar-refractivity contribution < 1.29 is 31.1 Å². The van der Waals surface area contributed by atoms with Gasteiger partial charge in [-0.1, -0.05) is 49.2 Å². The molecule has 1 aliphatic carbocycles. The van der Waals surface area contributed by atoms with Crippen molar-refractivity contribution in [3.05, 3.63) is 113 Å². The molecule has 60 heavy (non-hydrogen) atoms. The summed E-state index contributed by atoms with van der Waals surface area (Å²) in [5.74, 6) is -0.301. The number of benzene rings is 4. The topological polar surface area (TPSA) is 150 Å². The molecule has 1 fully saturated rings. The molecule has 318 valence electrons. The highest BCUT2D eigenvalue weighted by Gasteiger charge is 2.30. The second-order valence-corrected chi connectivity index (χ2v) is 20.7. The van der Waals surface area contributed by atoms with E-state index < -0.39 is 35.7 Å². The molecule has 0 radical (unpaired) electrons. The number of aromatic nitrogens is 1. The number of nitrogens with one attached hydrogen (secondary N) is 3. The molecule has 0 saturated carbocycles. The first-order chi connectivity index (χ1) is 28.7. The summed E-state index contributed by atoms with van der Waals surface area (Å²) >= 11 is 10.2. The Kier molecular flexibility index (Phi) is 13.2. The number of aromatic amines is 1. The zero-order valence-corrected chi connectivity index (χ0v) is 37.1. The third-order valence-electron chi connectivity index (χ3n) is 11.1. The number of fused-ring (bicyclic) bond motifs is 1. The van der Waals surface area contributed by atoms with Crippen molar-refractivity contribution in [1.29, 1.82) is 0 Å². The molecule has 2 heterocycles. The van der Waals surface area contributed by atoms with Gasteiger partial charge in [-0.3, -0.25) is 9.69 Å². The minimum Gasteiger partial charge on any atom is -0.456 e. The van der Waals surface area contributed by atoms with Gasteiger partial charge in [0.15, 0.2) is 9.84 Å². The zero-order valence-electron chi connectivity index (χ0n) is 33.8. The molecule has 3 N–H and O–H groups in total. The molecule has 5 aromatic rings. The molecular weight excluding hydrogens is 842 g/mol. The normalized spacial score (nSPS) is 16.2. The average Bonchev–Trinajstić information content (AvgIpc) is 3.72. The Labute approximate surface area is 362 Å². The number of nitrogens with zero attached hydrogens (tertiary/aromatic N) is 2. The number of carbonyl (C=O) groups is 1. The number of sulfonamides is 1. The number of methoxy groups -OCH3 is 1. The van der Waals surface area contributed by atoms with E-state index in [0.717, 1.165) is 79.7 Å². The maximum Gasteiger partial charge on any atom is 0.268 e. The van der Waals surface area contributed by atoms with E-state index in [9.17, 15) is 21.6 Å². The fraction of sp³-hybridized carbons (Fsp3) is 0.341. The van der Waals surface area contributed by atoms with Gasteiger partial charge in [0.2, 0.25) is 0 Å². The number of carbonyl (C=O) groups excluding carboxylic acids is 1. The number of hydrogen-bond acceptors (Lipinski definition) is 11. The van der Waals surface area contributed by atoms with Gasteiger partial charge in [0.25, 0.3) is 15.9 Å². The predicted molar refractivity (Wildman–Crippen MR) is 242 cm³/mol. The van der Waals surface area contributed by atoms with Crippen LogP contribution in [0.5, 0.6) is 11.5 Å². The van der Waals surface area contributed by atoms with E-state index in [2.05, 4.69) is 63.4 Å². The van der Waals surface area contributed by atoms with E-state index in [1.54, 1.807) is 30.5 Å². The van der Waals surface area contributed by atoms with Crippen LogP contribution in [0.15, 0.2) is 106 Å². The summed E-state index contributed by atoms with van der Waals surface area (Å²) in [6.45, 7) is 9.24. The van der Waals surface area contributed by atoms with E-state index in [0.29, 0.717) is 5.75 Å². The third kappa shape index (κ3) is 9.98. The highest BCUT2D eigenvalue weighted by Crippen LogP contribution is 2.43. The Hall–Kier alpha value is -4.51. The smallest absolute Gasteiger partial charge is 0.268 e. The molecule has 12 nitrogen and oxygen atoms in total. The van der Waals surface area contributed by atoms with Crippen LogP contribution in [-0.2, 0) is 24.6 Å². The maximum atomic E-state index is 14.0. The first kappa shape index (κ1) is 43.6. The molecule has 0 spiro atoms. The Balaban J connectivity index is 1.13. The lowest BCUT2D eigenvalue weighted by molar-refractivity contribution is 0.0979. The molecule has 1 aliphatic heterocycles. The number of hydrogen-bond donors (Lipinski definition) is 4. The van der Waals surface area contributed by atoms with Gasteiger partial charge < -0.3 is 24.7 Å². The van der Waals surface area contributed by atoms with Crippen LogP contribution in [0.1, 0.15) is 49.0 Å². The van der Waals surface area contributed by atoms with E-state index in [-0.39, 0.29) is 40.5 Å². The van der Waals surface area contributed by atoms with Crippen LogP contribution in [0.2, 0.25) is 5.02 Å². The number of piperazine rings is 1. The average molecular weight is 893 g/mol. The monoisotopic (exact) mass is 891 g/mol. The lowest BCUT2D eigenvalue weighted by Gasteiger charge is -2.39. The van der Waals surface area contributed by atoms with Crippen molar-refractivity contribution in [2.24, 2.45) is 5.41 Å². The summed E-state index contributed by atoms with van der Waals surface area (Å²) in [6.07, 6.45) is 4.99. The van der Waals surface area contributed by atoms with Gasteiger partial charge in [-0.05, 0) is 96.5 Å². The van der Waals surface area contributed by atoms with E-state index in [1.165, 1.54) is 36.0 Å². The molecular formula is C44H50ClN5O7S3. The molecule has 1 aromatic heterocycles. The summed E-state index contributed by atoms with van der Waals surface area (Å²) in [5, 5.41) is 3.91. The number of H-pyrrole nitrogens is 1. The Morgan fingerprint density at radius 2 is 1.70 bits per heavy atom. The minimum absolute atomic E-state index is 0.0172. The van der Waals surface area contributed by atoms with E-state index in [1.807, 2.05) is 30.3 Å². The first-order valence-corrected chi connectivity index (χ1v) is 23.9. The van der Waals surface area contributed by atoms with E-state index >= 15 is 0 Å². The summed E-state index contributed by atoms with van der Waals surface area (Å²) in [6, 6.07) is 24.3. The molecule has 7 rings (SSSR count). The molecule has 0 bridgehead atoms. The zero-order chi connectivity index (χ0) is 42.7. The number of amides is 1. The van der Waals surface area contributed by atoms with Crippen LogP contribution in [0.3, 0.4) is 0 Å². The van der Waals surface area contributed by atoms with Gasteiger partial charge >= 0.3 is 0 Å².